The molecule has 0 spiro atoms. The van der Waals surface area contributed by atoms with Crippen molar-refractivity contribution in [3.8, 4) is 0 Å². The summed E-state index contributed by atoms with van der Waals surface area (Å²) in [4.78, 5) is 41.0. The van der Waals surface area contributed by atoms with E-state index in [2.05, 4.69) is 10.3 Å². The van der Waals surface area contributed by atoms with Gasteiger partial charge in [-0.15, -0.1) is 0 Å². The Bertz CT molecular complexity index is 1010. The SMILES string of the molecule is CC(NC(=O)C(c1ccccc1)n1cnc2ccccc2c1=O)C(=O)O. The average Bonchev–Trinajstić information content (AvgIpc) is 2.65. The molecule has 0 bridgehead atoms. The third kappa shape index (κ3) is 3.32. The summed E-state index contributed by atoms with van der Waals surface area (Å²) in [5, 5.41) is 11.9. The van der Waals surface area contributed by atoms with E-state index in [1.165, 1.54) is 17.8 Å². The fourth-order valence-corrected chi connectivity index (χ4v) is 2.69. The number of nitrogens with one attached hydrogen (secondary N) is 1. The van der Waals surface area contributed by atoms with Crippen molar-refractivity contribution in [1.82, 2.24) is 14.9 Å². The number of rotatable bonds is 5. The minimum Gasteiger partial charge on any atom is -0.480 e. The zero-order chi connectivity index (χ0) is 18.7. The third-order valence-corrected chi connectivity index (χ3v) is 4.06. The number of carboxylic acid groups (broad SMARTS) is 1. The number of aliphatic carboxylic acids is 1. The summed E-state index contributed by atoms with van der Waals surface area (Å²) in [6.45, 7) is 1.36. The molecule has 26 heavy (non-hydrogen) atoms. The molecule has 2 aromatic carbocycles. The highest BCUT2D eigenvalue weighted by atomic mass is 16.4. The Morgan fingerprint density at radius 1 is 1.08 bits per heavy atom. The Labute approximate surface area is 148 Å². The van der Waals surface area contributed by atoms with Crippen molar-refractivity contribution in [3.05, 3.63) is 76.8 Å². The standard InChI is InChI=1S/C19H17N3O4/c1-12(19(25)26)21-17(23)16(13-7-3-2-4-8-13)22-11-20-15-10-6-5-9-14(15)18(22)24/h2-12,16H,1H3,(H,21,23)(H,25,26). The monoisotopic (exact) mass is 351 g/mol. The second-order valence-corrected chi connectivity index (χ2v) is 5.86. The van der Waals surface area contributed by atoms with Gasteiger partial charge in [0.2, 0.25) is 5.91 Å². The molecule has 0 saturated heterocycles. The molecule has 7 heteroatoms. The molecular weight excluding hydrogens is 334 g/mol. The Morgan fingerprint density at radius 3 is 2.42 bits per heavy atom. The molecule has 3 aromatic rings. The van der Waals surface area contributed by atoms with Crippen LogP contribution in [0.5, 0.6) is 0 Å². The van der Waals surface area contributed by atoms with Gasteiger partial charge in [0.15, 0.2) is 0 Å². The fourth-order valence-electron chi connectivity index (χ4n) is 2.69. The number of carbonyl (C=O) groups excluding carboxylic acids is 1. The van der Waals surface area contributed by atoms with Crippen molar-refractivity contribution >= 4 is 22.8 Å². The fraction of sp³-hybridized carbons (Fsp3) is 0.158. The van der Waals surface area contributed by atoms with Gasteiger partial charge in [-0.3, -0.25) is 19.0 Å². The molecule has 1 aromatic heterocycles. The molecule has 2 N–H and O–H groups in total. The van der Waals surface area contributed by atoms with Crippen molar-refractivity contribution in [2.24, 2.45) is 0 Å². The predicted molar refractivity (Wildman–Crippen MR) is 95.8 cm³/mol. The number of nitrogens with zero attached hydrogens (tertiary/aromatic N) is 2. The van der Waals surface area contributed by atoms with Gasteiger partial charge in [-0.2, -0.15) is 0 Å². The lowest BCUT2D eigenvalue weighted by Crippen LogP contribution is -2.44. The van der Waals surface area contributed by atoms with Gasteiger partial charge in [0.1, 0.15) is 12.1 Å². The maximum absolute atomic E-state index is 12.9. The van der Waals surface area contributed by atoms with Gasteiger partial charge < -0.3 is 10.4 Å². The number of carbonyl (C=O) groups is 2. The van der Waals surface area contributed by atoms with E-state index >= 15 is 0 Å². The Balaban J connectivity index is 2.13. The number of para-hydroxylation sites is 1. The van der Waals surface area contributed by atoms with Crippen molar-refractivity contribution in [3.63, 3.8) is 0 Å². The molecule has 3 rings (SSSR count). The van der Waals surface area contributed by atoms with E-state index in [-0.39, 0.29) is 5.56 Å². The Hall–Kier alpha value is -3.48. The van der Waals surface area contributed by atoms with E-state index in [0.717, 1.165) is 0 Å². The molecule has 2 unspecified atom stereocenters. The van der Waals surface area contributed by atoms with Crippen LogP contribution in [0, 0.1) is 0 Å². The van der Waals surface area contributed by atoms with Gasteiger partial charge in [-0.25, -0.2) is 4.98 Å². The molecule has 0 radical (unpaired) electrons. The molecule has 2 atom stereocenters. The molecule has 132 valence electrons. The van der Waals surface area contributed by atoms with Gasteiger partial charge in [0.05, 0.1) is 17.2 Å². The van der Waals surface area contributed by atoms with Crippen LogP contribution in [0.3, 0.4) is 0 Å². The number of hydrogen-bond donors (Lipinski definition) is 2. The van der Waals surface area contributed by atoms with Crippen LogP contribution in [0.15, 0.2) is 65.7 Å². The zero-order valence-electron chi connectivity index (χ0n) is 14.0. The first-order valence-electron chi connectivity index (χ1n) is 8.03. The highest BCUT2D eigenvalue weighted by Crippen LogP contribution is 2.18. The van der Waals surface area contributed by atoms with Gasteiger partial charge >= 0.3 is 5.97 Å². The van der Waals surface area contributed by atoms with Crippen LogP contribution < -0.4 is 10.9 Å². The molecule has 7 nitrogen and oxygen atoms in total. The first kappa shape index (κ1) is 17.3. The molecule has 0 saturated carbocycles. The minimum atomic E-state index is -1.16. The van der Waals surface area contributed by atoms with Crippen LogP contribution in [0.1, 0.15) is 18.5 Å². The summed E-state index contributed by atoms with van der Waals surface area (Å²) in [7, 11) is 0. The molecule has 0 aliphatic heterocycles. The van der Waals surface area contributed by atoms with E-state index in [9.17, 15) is 14.4 Å². The number of hydrogen-bond acceptors (Lipinski definition) is 4. The molecule has 1 heterocycles. The van der Waals surface area contributed by atoms with Crippen molar-refractivity contribution < 1.29 is 14.7 Å². The van der Waals surface area contributed by atoms with Crippen molar-refractivity contribution in [2.45, 2.75) is 19.0 Å². The largest absolute Gasteiger partial charge is 0.480 e. The van der Waals surface area contributed by atoms with Gasteiger partial charge in [0, 0.05) is 0 Å². The lowest BCUT2D eigenvalue weighted by molar-refractivity contribution is -0.141. The van der Waals surface area contributed by atoms with Crippen LogP contribution >= 0.6 is 0 Å². The second kappa shape index (κ2) is 7.18. The summed E-state index contributed by atoms with van der Waals surface area (Å²) in [6, 6.07) is 13.4. The molecular formula is C19H17N3O4. The Kier molecular flexibility index (Phi) is 4.79. The van der Waals surface area contributed by atoms with E-state index in [1.54, 1.807) is 54.6 Å². The maximum atomic E-state index is 12.9. The number of carboxylic acids is 1. The first-order chi connectivity index (χ1) is 12.5. The molecule has 0 aliphatic carbocycles. The van der Waals surface area contributed by atoms with Gasteiger partial charge in [-0.05, 0) is 24.6 Å². The van der Waals surface area contributed by atoms with Crippen LogP contribution in [-0.4, -0.2) is 32.6 Å². The Morgan fingerprint density at radius 2 is 1.73 bits per heavy atom. The predicted octanol–water partition coefficient (Wildman–Crippen LogP) is 1.58. The third-order valence-electron chi connectivity index (χ3n) is 4.06. The van der Waals surface area contributed by atoms with Crippen LogP contribution in [0.4, 0.5) is 0 Å². The number of amides is 1. The van der Waals surface area contributed by atoms with Gasteiger partial charge in [0.25, 0.3) is 5.56 Å². The van der Waals surface area contributed by atoms with Gasteiger partial charge in [-0.1, -0.05) is 42.5 Å². The summed E-state index contributed by atoms with van der Waals surface area (Å²) in [5.74, 6) is -1.75. The van der Waals surface area contributed by atoms with Crippen molar-refractivity contribution in [2.75, 3.05) is 0 Å². The van der Waals surface area contributed by atoms with E-state index in [4.69, 9.17) is 5.11 Å². The number of fused-ring (bicyclic) bond motifs is 1. The summed E-state index contributed by atoms with van der Waals surface area (Å²) < 4.78 is 1.22. The second-order valence-electron chi connectivity index (χ2n) is 5.86. The highest BCUT2D eigenvalue weighted by Gasteiger charge is 2.27. The van der Waals surface area contributed by atoms with Crippen molar-refractivity contribution in [1.29, 1.82) is 0 Å². The topological polar surface area (TPSA) is 101 Å². The number of aromatic nitrogens is 2. The maximum Gasteiger partial charge on any atom is 0.325 e. The van der Waals surface area contributed by atoms with E-state index < -0.39 is 24.0 Å². The lowest BCUT2D eigenvalue weighted by Gasteiger charge is -2.21. The lowest BCUT2D eigenvalue weighted by atomic mass is 10.1. The number of benzene rings is 2. The molecule has 0 fully saturated rings. The van der Waals surface area contributed by atoms with E-state index in [1.807, 2.05) is 0 Å². The quantitative estimate of drug-likeness (QED) is 0.727. The first-order valence-corrected chi connectivity index (χ1v) is 8.03. The van der Waals surface area contributed by atoms with Crippen LogP contribution in [-0.2, 0) is 9.59 Å². The smallest absolute Gasteiger partial charge is 0.325 e. The molecule has 1 amide bonds. The summed E-state index contributed by atoms with van der Waals surface area (Å²) in [5.41, 5.74) is 0.712. The summed E-state index contributed by atoms with van der Waals surface area (Å²) in [6.07, 6.45) is 1.31. The minimum absolute atomic E-state index is 0.373. The molecule has 0 aliphatic rings. The summed E-state index contributed by atoms with van der Waals surface area (Å²) >= 11 is 0. The highest BCUT2D eigenvalue weighted by molar-refractivity contribution is 5.88. The average molecular weight is 351 g/mol. The van der Waals surface area contributed by atoms with Crippen LogP contribution in [0.2, 0.25) is 0 Å². The van der Waals surface area contributed by atoms with Crippen LogP contribution in [0.25, 0.3) is 10.9 Å². The zero-order valence-corrected chi connectivity index (χ0v) is 14.0. The van der Waals surface area contributed by atoms with E-state index in [0.29, 0.717) is 16.5 Å². The normalized spacial score (nSPS) is 13.1.